The quantitative estimate of drug-likeness (QED) is 0.594. The molecule has 0 heterocycles. The first-order chi connectivity index (χ1) is 3.81. The summed E-state index contributed by atoms with van der Waals surface area (Å²) in [5.41, 5.74) is 0. The summed E-state index contributed by atoms with van der Waals surface area (Å²) in [6.07, 6.45) is 3.97. The summed E-state index contributed by atoms with van der Waals surface area (Å²) in [5, 5.41) is 3.20. The normalized spacial score (nSPS) is 13.9. The van der Waals surface area contributed by atoms with Gasteiger partial charge in [-0.3, -0.25) is 0 Å². The molecule has 0 radical (unpaired) electrons. The molecule has 0 aliphatic carbocycles. The van der Waals surface area contributed by atoms with Crippen LogP contribution in [0, 0.1) is 0 Å². The summed E-state index contributed by atoms with van der Waals surface area (Å²) in [6.45, 7) is 4.44. The molecule has 1 nitrogen and oxygen atoms in total. The molecule has 1 heteroatoms. The minimum absolute atomic E-state index is 0. The molecule has 0 rings (SSSR count). The minimum Gasteiger partial charge on any atom is -0.317 e. The Morgan fingerprint density at radius 3 is 2.62 bits per heavy atom. The monoisotopic (exact) mass is 117 g/mol. The zero-order valence-corrected chi connectivity index (χ0v) is 6.20. The van der Waals surface area contributed by atoms with E-state index in [1.807, 2.05) is 7.05 Å². The predicted octanol–water partition coefficient (Wildman–Crippen LogP) is 2.03. The van der Waals surface area contributed by atoms with Crippen LogP contribution in [0.3, 0.4) is 0 Å². The third-order valence-corrected chi connectivity index (χ3v) is 1.48. The van der Waals surface area contributed by atoms with Gasteiger partial charge in [-0.05, 0) is 20.4 Å². The Labute approximate surface area is 54.0 Å². The Kier molecular flexibility index (Phi) is 5.08. The van der Waals surface area contributed by atoms with Gasteiger partial charge in [0, 0.05) is 7.47 Å². The van der Waals surface area contributed by atoms with Gasteiger partial charge in [-0.1, -0.05) is 19.8 Å². The number of unbranched alkanes of at least 4 members (excludes halogenated alkanes) is 1. The van der Waals surface area contributed by atoms with Gasteiger partial charge in [0.25, 0.3) is 0 Å². The van der Waals surface area contributed by atoms with Crippen LogP contribution in [-0.2, 0) is 0 Å². The maximum atomic E-state index is 3.20. The van der Waals surface area contributed by atoms with Crippen molar-refractivity contribution in [2.24, 2.45) is 0 Å². The highest BCUT2D eigenvalue weighted by Crippen LogP contribution is 1.97. The lowest BCUT2D eigenvalue weighted by molar-refractivity contribution is 0.537. The Bertz CT molecular complexity index is 48.2. The molecule has 1 atom stereocenters. The highest BCUT2D eigenvalue weighted by Gasteiger charge is 1.93. The molecule has 52 valence electrons. The fourth-order valence-corrected chi connectivity index (χ4v) is 0.655. The van der Waals surface area contributed by atoms with Crippen LogP contribution < -0.4 is 5.32 Å². The molecule has 1 N–H and O–H groups in total. The van der Waals surface area contributed by atoms with Gasteiger partial charge in [-0.2, -0.15) is 0 Å². The van der Waals surface area contributed by atoms with E-state index in [1.54, 1.807) is 0 Å². The zero-order chi connectivity index (χ0) is 6.41. The van der Waals surface area contributed by atoms with Crippen LogP contribution in [0.25, 0.3) is 0 Å². The lowest BCUT2D eigenvalue weighted by Crippen LogP contribution is -2.20. The van der Waals surface area contributed by atoms with E-state index in [0.29, 0.717) is 6.04 Å². The molecule has 0 fully saturated rings. The van der Waals surface area contributed by atoms with E-state index in [4.69, 9.17) is 0 Å². The SMILES string of the molecule is CCCCC(C)NC.[HH]. The van der Waals surface area contributed by atoms with Gasteiger partial charge >= 0.3 is 0 Å². The zero-order valence-electron chi connectivity index (χ0n) is 6.20. The second kappa shape index (κ2) is 5.10. The van der Waals surface area contributed by atoms with Crippen molar-refractivity contribution in [2.45, 2.75) is 39.2 Å². The van der Waals surface area contributed by atoms with Gasteiger partial charge < -0.3 is 5.32 Å². The van der Waals surface area contributed by atoms with E-state index >= 15 is 0 Å². The maximum absolute atomic E-state index is 3.20. The lowest BCUT2D eigenvalue weighted by Gasteiger charge is -2.06. The van der Waals surface area contributed by atoms with Crippen LogP contribution in [0.15, 0.2) is 0 Å². The Balaban J connectivity index is 0. The molecule has 0 saturated carbocycles. The van der Waals surface area contributed by atoms with Crippen LogP contribution in [0.4, 0.5) is 0 Å². The van der Waals surface area contributed by atoms with Crippen LogP contribution in [-0.4, -0.2) is 13.1 Å². The molecule has 8 heavy (non-hydrogen) atoms. The average molecular weight is 117 g/mol. The first-order valence-corrected chi connectivity index (χ1v) is 3.48. The Morgan fingerprint density at radius 2 is 2.25 bits per heavy atom. The Hall–Kier alpha value is -0.0400. The summed E-state index contributed by atoms with van der Waals surface area (Å²) < 4.78 is 0. The number of hydrogen-bond donors (Lipinski definition) is 1. The Morgan fingerprint density at radius 1 is 1.62 bits per heavy atom. The fourth-order valence-electron chi connectivity index (χ4n) is 0.655. The standard InChI is InChI=1S/C7H17N.H2/c1-4-5-6-7(2)8-3;/h7-8H,4-6H2,1-3H3;1H. The third kappa shape index (κ3) is 4.13. The van der Waals surface area contributed by atoms with Gasteiger partial charge in [0.2, 0.25) is 0 Å². The van der Waals surface area contributed by atoms with Crippen molar-refractivity contribution in [2.75, 3.05) is 7.05 Å². The largest absolute Gasteiger partial charge is 0.317 e. The van der Waals surface area contributed by atoms with Crippen molar-refractivity contribution in [3.8, 4) is 0 Å². The van der Waals surface area contributed by atoms with Crippen LogP contribution in [0.2, 0.25) is 0 Å². The highest BCUT2D eigenvalue weighted by molar-refractivity contribution is 4.54. The van der Waals surface area contributed by atoms with Crippen LogP contribution in [0.1, 0.15) is 34.5 Å². The third-order valence-electron chi connectivity index (χ3n) is 1.48. The van der Waals surface area contributed by atoms with Crippen LogP contribution in [0.5, 0.6) is 0 Å². The summed E-state index contributed by atoms with van der Waals surface area (Å²) in [4.78, 5) is 0. The molecule has 0 bridgehead atoms. The van der Waals surface area contributed by atoms with Crippen LogP contribution >= 0.6 is 0 Å². The molecular formula is C7H19N. The van der Waals surface area contributed by atoms with E-state index in [9.17, 15) is 0 Å². The van der Waals surface area contributed by atoms with Crippen molar-refractivity contribution in [3.63, 3.8) is 0 Å². The molecule has 0 saturated heterocycles. The van der Waals surface area contributed by atoms with Gasteiger partial charge in [0.15, 0.2) is 0 Å². The number of rotatable bonds is 4. The summed E-state index contributed by atoms with van der Waals surface area (Å²) in [6, 6.07) is 0.704. The molecule has 0 aromatic rings. The second-order valence-electron chi connectivity index (χ2n) is 2.33. The van der Waals surface area contributed by atoms with Gasteiger partial charge in [-0.25, -0.2) is 0 Å². The average Bonchev–Trinajstić information content (AvgIpc) is 1.83. The van der Waals surface area contributed by atoms with Gasteiger partial charge in [0.05, 0.1) is 0 Å². The maximum Gasteiger partial charge on any atom is 0.00357 e. The van der Waals surface area contributed by atoms with Crippen molar-refractivity contribution in [1.29, 1.82) is 0 Å². The lowest BCUT2D eigenvalue weighted by atomic mass is 10.1. The smallest absolute Gasteiger partial charge is 0.00357 e. The fraction of sp³-hybridized carbons (Fsp3) is 1.00. The second-order valence-corrected chi connectivity index (χ2v) is 2.33. The highest BCUT2D eigenvalue weighted by atomic mass is 14.8. The molecular weight excluding hydrogens is 98.1 g/mol. The topological polar surface area (TPSA) is 12.0 Å². The predicted molar refractivity (Wildman–Crippen MR) is 40.2 cm³/mol. The molecule has 0 aromatic carbocycles. The van der Waals surface area contributed by atoms with Crippen molar-refractivity contribution >= 4 is 0 Å². The van der Waals surface area contributed by atoms with Gasteiger partial charge in [0.1, 0.15) is 0 Å². The van der Waals surface area contributed by atoms with Crippen molar-refractivity contribution < 1.29 is 1.43 Å². The van der Waals surface area contributed by atoms with Crippen molar-refractivity contribution in [1.82, 2.24) is 5.32 Å². The first kappa shape index (κ1) is 7.96. The van der Waals surface area contributed by atoms with E-state index in [0.717, 1.165) is 0 Å². The summed E-state index contributed by atoms with van der Waals surface area (Å²) >= 11 is 0. The van der Waals surface area contributed by atoms with Crippen molar-refractivity contribution in [3.05, 3.63) is 0 Å². The number of nitrogens with one attached hydrogen (secondary N) is 1. The molecule has 0 spiro atoms. The number of hydrogen-bond acceptors (Lipinski definition) is 1. The molecule has 0 aromatic heterocycles. The van der Waals surface area contributed by atoms with E-state index in [2.05, 4.69) is 19.2 Å². The molecule has 1 unspecified atom stereocenters. The van der Waals surface area contributed by atoms with E-state index < -0.39 is 0 Å². The summed E-state index contributed by atoms with van der Waals surface area (Å²) in [5.74, 6) is 0. The first-order valence-electron chi connectivity index (χ1n) is 3.48. The molecule has 0 amide bonds. The summed E-state index contributed by atoms with van der Waals surface area (Å²) in [7, 11) is 2.01. The molecule has 0 aliphatic heterocycles. The van der Waals surface area contributed by atoms with E-state index in [-0.39, 0.29) is 1.43 Å². The van der Waals surface area contributed by atoms with Gasteiger partial charge in [-0.15, -0.1) is 0 Å². The van der Waals surface area contributed by atoms with E-state index in [1.165, 1.54) is 19.3 Å². The molecule has 0 aliphatic rings. The minimum atomic E-state index is 0.